The van der Waals surface area contributed by atoms with Crippen molar-refractivity contribution < 1.29 is 9.84 Å². The fourth-order valence-electron chi connectivity index (χ4n) is 2.84. The molecule has 2 aromatic carbocycles. The van der Waals surface area contributed by atoms with E-state index < -0.39 is 0 Å². The highest BCUT2D eigenvalue weighted by Crippen LogP contribution is 2.45. The maximum Gasteiger partial charge on any atom is 0.368 e. The minimum absolute atomic E-state index is 0.251. The number of aromatic nitrogens is 4. The Hall–Kier alpha value is -3.09. The molecule has 0 amide bonds. The standard InChI is InChI=1S/C18H18N4O3/c1-21-18(24)22(20-19-21)16-5-3-2-4-13(16)11-25-17-9-8-14(23)10-15(17)12-6-7-12/h2-5,8-10,12,23H,6-7,11H2,1H3. The van der Waals surface area contributed by atoms with Crippen LogP contribution in [0.4, 0.5) is 0 Å². The molecule has 3 aromatic rings. The third kappa shape index (κ3) is 3.00. The van der Waals surface area contributed by atoms with Crippen molar-refractivity contribution in [3.8, 4) is 17.2 Å². The average molecular weight is 338 g/mol. The van der Waals surface area contributed by atoms with Crippen molar-refractivity contribution in [3.63, 3.8) is 0 Å². The Morgan fingerprint density at radius 2 is 2.00 bits per heavy atom. The Bertz CT molecular complexity index is 972. The molecule has 1 saturated carbocycles. The summed E-state index contributed by atoms with van der Waals surface area (Å²) >= 11 is 0. The minimum Gasteiger partial charge on any atom is -0.508 e. The number of para-hydroxylation sites is 1. The van der Waals surface area contributed by atoms with Gasteiger partial charge in [-0.2, -0.15) is 9.36 Å². The van der Waals surface area contributed by atoms with Crippen molar-refractivity contribution in [1.29, 1.82) is 0 Å². The number of ether oxygens (including phenoxy) is 1. The Labute approximate surface area is 144 Å². The van der Waals surface area contributed by atoms with Crippen molar-refractivity contribution >= 4 is 0 Å². The number of hydrogen-bond acceptors (Lipinski definition) is 5. The summed E-state index contributed by atoms with van der Waals surface area (Å²) in [5, 5.41) is 17.4. The van der Waals surface area contributed by atoms with E-state index in [4.69, 9.17) is 4.74 Å². The molecule has 25 heavy (non-hydrogen) atoms. The smallest absolute Gasteiger partial charge is 0.368 e. The molecule has 128 valence electrons. The normalized spacial score (nSPS) is 13.8. The van der Waals surface area contributed by atoms with Gasteiger partial charge in [-0.15, -0.1) is 0 Å². The van der Waals surface area contributed by atoms with Gasteiger partial charge in [0.1, 0.15) is 18.1 Å². The fraction of sp³-hybridized carbons (Fsp3) is 0.278. The van der Waals surface area contributed by atoms with Crippen LogP contribution in [-0.4, -0.2) is 24.9 Å². The van der Waals surface area contributed by atoms with E-state index >= 15 is 0 Å². The predicted octanol–water partition coefficient (Wildman–Crippen LogP) is 2.13. The molecule has 1 aliphatic carbocycles. The lowest BCUT2D eigenvalue weighted by Gasteiger charge is -2.13. The lowest BCUT2D eigenvalue weighted by molar-refractivity contribution is 0.301. The van der Waals surface area contributed by atoms with Gasteiger partial charge >= 0.3 is 5.69 Å². The Balaban J connectivity index is 1.63. The zero-order chi connectivity index (χ0) is 17.4. The Kier molecular flexibility index (Phi) is 3.76. The van der Waals surface area contributed by atoms with Crippen LogP contribution in [0, 0.1) is 0 Å². The van der Waals surface area contributed by atoms with Crippen LogP contribution in [0.25, 0.3) is 5.69 Å². The van der Waals surface area contributed by atoms with Crippen molar-refractivity contribution in [3.05, 3.63) is 64.1 Å². The second-order valence-corrected chi connectivity index (χ2v) is 6.21. The van der Waals surface area contributed by atoms with Crippen molar-refractivity contribution in [2.45, 2.75) is 25.4 Å². The summed E-state index contributed by atoms with van der Waals surface area (Å²) < 4.78 is 8.45. The lowest BCUT2D eigenvalue weighted by atomic mass is 10.1. The summed E-state index contributed by atoms with van der Waals surface area (Å²) in [5.41, 5.74) is 2.21. The van der Waals surface area contributed by atoms with Crippen LogP contribution in [-0.2, 0) is 13.7 Å². The summed E-state index contributed by atoms with van der Waals surface area (Å²) in [6.45, 7) is 0.295. The van der Waals surface area contributed by atoms with E-state index in [-0.39, 0.29) is 11.4 Å². The van der Waals surface area contributed by atoms with Gasteiger partial charge in [0, 0.05) is 18.2 Å². The first-order chi connectivity index (χ1) is 12.1. The number of aryl methyl sites for hydroxylation is 1. The van der Waals surface area contributed by atoms with Crippen LogP contribution in [0.15, 0.2) is 47.3 Å². The summed E-state index contributed by atoms with van der Waals surface area (Å²) in [6.07, 6.45) is 2.23. The first kappa shape index (κ1) is 15.4. The van der Waals surface area contributed by atoms with Crippen LogP contribution in [0.3, 0.4) is 0 Å². The Morgan fingerprint density at radius 3 is 2.72 bits per heavy atom. The third-order valence-electron chi connectivity index (χ3n) is 4.34. The lowest BCUT2D eigenvalue weighted by Crippen LogP contribution is -2.23. The summed E-state index contributed by atoms with van der Waals surface area (Å²) in [5.74, 6) is 1.47. The molecule has 1 aliphatic rings. The molecule has 0 spiro atoms. The molecule has 0 atom stereocenters. The molecular weight excluding hydrogens is 320 g/mol. The second-order valence-electron chi connectivity index (χ2n) is 6.21. The summed E-state index contributed by atoms with van der Waals surface area (Å²) in [4.78, 5) is 12.1. The van der Waals surface area contributed by atoms with Crippen LogP contribution in [0.2, 0.25) is 0 Å². The number of aromatic hydroxyl groups is 1. The zero-order valence-electron chi connectivity index (χ0n) is 13.8. The number of hydrogen-bond donors (Lipinski definition) is 1. The van der Waals surface area contributed by atoms with E-state index in [1.54, 1.807) is 25.2 Å². The maximum absolute atomic E-state index is 12.1. The zero-order valence-corrected chi connectivity index (χ0v) is 13.8. The number of rotatable bonds is 5. The van der Waals surface area contributed by atoms with Gasteiger partial charge in [-0.25, -0.2) is 4.79 Å². The highest BCUT2D eigenvalue weighted by molar-refractivity contribution is 5.45. The molecule has 1 aromatic heterocycles. The average Bonchev–Trinajstić information content (AvgIpc) is 3.41. The van der Waals surface area contributed by atoms with Gasteiger partial charge in [0.05, 0.1) is 5.69 Å². The SMILES string of the molecule is Cn1nnn(-c2ccccc2COc2ccc(O)cc2C2CC2)c1=O. The van der Waals surface area contributed by atoms with Crippen LogP contribution in [0.1, 0.15) is 29.9 Å². The van der Waals surface area contributed by atoms with Gasteiger partial charge in [-0.05, 0) is 53.5 Å². The van der Waals surface area contributed by atoms with E-state index in [9.17, 15) is 9.90 Å². The molecule has 0 bridgehead atoms. The number of benzene rings is 2. The molecule has 0 radical (unpaired) electrons. The molecule has 7 nitrogen and oxygen atoms in total. The third-order valence-corrected chi connectivity index (χ3v) is 4.34. The van der Waals surface area contributed by atoms with E-state index in [2.05, 4.69) is 10.4 Å². The molecular formula is C18H18N4O3. The molecule has 0 aliphatic heterocycles. The first-order valence-electron chi connectivity index (χ1n) is 8.16. The quantitative estimate of drug-likeness (QED) is 0.771. The Morgan fingerprint density at radius 1 is 1.20 bits per heavy atom. The molecule has 1 fully saturated rings. The van der Waals surface area contributed by atoms with Gasteiger partial charge in [0.15, 0.2) is 0 Å². The molecule has 1 N–H and O–H groups in total. The van der Waals surface area contributed by atoms with E-state index in [0.717, 1.165) is 29.7 Å². The van der Waals surface area contributed by atoms with Gasteiger partial charge in [-0.3, -0.25) is 0 Å². The van der Waals surface area contributed by atoms with Gasteiger partial charge in [0.2, 0.25) is 0 Å². The monoisotopic (exact) mass is 338 g/mol. The number of phenolic OH excluding ortho intramolecular Hbond substituents is 1. The highest BCUT2D eigenvalue weighted by Gasteiger charge is 2.27. The topological polar surface area (TPSA) is 82.2 Å². The number of nitrogens with zero attached hydrogens (tertiary/aromatic N) is 4. The maximum atomic E-state index is 12.1. The fourth-order valence-corrected chi connectivity index (χ4v) is 2.84. The van der Waals surface area contributed by atoms with E-state index in [1.165, 1.54) is 9.36 Å². The largest absolute Gasteiger partial charge is 0.508 e. The van der Waals surface area contributed by atoms with Crippen molar-refractivity contribution in [2.24, 2.45) is 7.05 Å². The molecule has 1 heterocycles. The van der Waals surface area contributed by atoms with Gasteiger partial charge < -0.3 is 9.84 Å². The molecule has 4 rings (SSSR count). The van der Waals surface area contributed by atoms with E-state index in [1.807, 2.05) is 24.3 Å². The van der Waals surface area contributed by atoms with Crippen LogP contribution in [0.5, 0.6) is 11.5 Å². The number of tetrazole rings is 1. The molecule has 0 saturated heterocycles. The van der Waals surface area contributed by atoms with Gasteiger partial charge in [0.25, 0.3) is 0 Å². The summed E-state index contributed by atoms with van der Waals surface area (Å²) in [6, 6.07) is 12.6. The van der Waals surface area contributed by atoms with Gasteiger partial charge in [-0.1, -0.05) is 18.2 Å². The van der Waals surface area contributed by atoms with Crippen molar-refractivity contribution in [2.75, 3.05) is 0 Å². The molecule has 0 unspecified atom stereocenters. The second kappa shape index (κ2) is 6.08. The summed E-state index contributed by atoms with van der Waals surface area (Å²) in [7, 11) is 1.56. The minimum atomic E-state index is -0.309. The van der Waals surface area contributed by atoms with E-state index in [0.29, 0.717) is 18.2 Å². The van der Waals surface area contributed by atoms with Crippen LogP contribution < -0.4 is 10.4 Å². The highest BCUT2D eigenvalue weighted by atomic mass is 16.5. The predicted molar refractivity (Wildman–Crippen MR) is 91.0 cm³/mol. The molecule has 7 heteroatoms. The van der Waals surface area contributed by atoms with Crippen LogP contribution >= 0.6 is 0 Å². The van der Waals surface area contributed by atoms with Crippen molar-refractivity contribution in [1.82, 2.24) is 19.8 Å². The number of phenols is 1. The first-order valence-corrected chi connectivity index (χ1v) is 8.16.